The van der Waals surface area contributed by atoms with E-state index in [2.05, 4.69) is 5.32 Å². The summed E-state index contributed by atoms with van der Waals surface area (Å²) in [5, 5.41) is 2.60. The Morgan fingerprint density at radius 2 is 1.68 bits per heavy atom. The van der Waals surface area contributed by atoms with Gasteiger partial charge in [-0.25, -0.2) is 4.79 Å². The van der Waals surface area contributed by atoms with E-state index in [1.165, 1.54) is 0 Å². The molecule has 0 saturated carbocycles. The van der Waals surface area contributed by atoms with Crippen molar-refractivity contribution in [3.63, 3.8) is 0 Å². The Kier molecular flexibility index (Phi) is 8.17. The van der Waals surface area contributed by atoms with Gasteiger partial charge < -0.3 is 19.1 Å². The Bertz CT molecular complexity index is 484. The zero-order chi connectivity index (χ0) is 16.4. The van der Waals surface area contributed by atoms with E-state index in [9.17, 15) is 9.36 Å². The Morgan fingerprint density at radius 3 is 2.18 bits per heavy atom. The van der Waals surface area contributed by atoms with Crippen molar-refractivity contribution in [3.8, 4) is 0 Å². The molecule has 0 saturated heterocycles. The van der Waals surface area contributed by atoms with Crippen LogP contribution in [0.1, 0.15) is 26.3 Å². The summed E-state index contributed by atoms with van der Waals surface area (Å²) in [6, 6.07) is 9.43. The first-order valence-corrected chi connectivity index (χ1v) is 9.02. The number of carbonyl (C=O) groups is 1. The van der Waals surface area contributed by atoms with Crippen LogP contribution in [0.3, 0.4) is 0 Å². The second-order valence-corrected chi connectivity index (χ2v) is 6.67. The Balaban J connectivity index is 2.97. The van der Waals surface area contributed by atoms with Crippen LogP contribution in [0.15, 0.2) is 30.3 Å². The highest BCUT2D eigenvalue weighted by Crippen LogP contribution is 2.52. The quantitative estimate of drug-likeness (QED) is 0.701. The van der Waals surface area contributed by atoms with Crippen molar-refractivity contribution >= 4 is 13.7 Å². The summed E-state index contributed by atoms with van der Waals surface area (Å²) in [5.41, 5.74) is 0.920. The lowest BCUT2D eigenvalue weighted by atomic mass is 10.1. The third kappa shape index (κ3) is 5.79. The molecule has 1 aromatic carbocycles. The molecule has 1 amide bonds. The summed E-state index contributed by atoms with van der Waals surface area (Å²) >= 11 is 0. The maximum Gasteiger partial charge on any atom is 0.407 e. The Morgan fingerprint density at radius 1 is 1.09 bits per heavy atom. The SMILES string of the molecule is CCOC(=O)NC(Cc1ccccc1)P(=O)(OCC)OCC. The topological polar surface area (TPSA) is 73.9 Å². The van der Waals surface area contributed by atoms with E-state index in [0.717, 1.165) is 5.56 Å². The summed E-state index contributed by atoms with van der Waals surface area (Å²) in [4.78, 5) is 11.7. The van der Waals surface area contributed by atoms with Gasteiger partial charge in [-0.1, -0.05) is 30.3 Å². The Labute approximate surface area is 131 Å². The van der Waals surface area contributed by atoms with Gasteiger partial charge in [0.1, 0.15) is 5.78 Å². The molecule has 0 aliphatic carbocycles. The molecule has 0 spiro atoms. The van der Waals surface area contributed by atoms with Gasteiger partial charge in [0.2, 0.25) is 0 Å². The monoisotopic (exact) mass is 329 g/mol. The average Bonchev–Trinajstić information content (AvgIpc) is 2.48. The highest BCUT2D eigenvalue weighted by atomic mass is 31.2. The molecule has 22 heavy (non-hydrogen) atoms. The molecule has 0 aliphatic heterocycles. The zero-order valence-electron chi connectivity index (χ0n) is 13.3. The maximum atomic E-state index is 12.9. The third-order valence-corrected chi connectivity index (χ3v) is 5.14. The van der Waals surface area contributed by atoms with Crippen LogP contribution < -0.4 is 5.32 Å². The predicted molar refractivity (Wildman–Crippen MR) is 85.0 cm³/mol. The molecule has 0 heterocycles. The summed E-state index contributed by atoms with van der Waals surface area (Å²) in [5.74, 6) is -0.797. The average molecular weight is 329 g/mol. The predicted octanol–water partition coefficient (Wildman–Crippen LogP) is 3.57. The minimum Gasteiger partial charge on any atom is -0.450 e. The van der Waals surface area contributed by atoms with E-state index < -0.39 is 19.5 Å². The van der Waals surface area contributed by atoms with E-state index in [1.54, 1.807) is 20.8 Å². The first-order chi connectivity index (χ1) is 10.6. The number of hydrogen-bond donors (Lipinski definition) is 1. The minimum atomic E-state index is -3.48. The lowest BCUT2D eigenvalue weighted by Gasteiger charge is -2.26. The van der Waals surface area contributed by atoms with Gasteiger partial charge in [0.15, 0.2) is 0 Å². The van der Waals surface area contributed by atoms with E-state index in [-0.39, 0.29) is 19.8 Å². The summed E-state index contributed by atoms with van der Waals surface area (Å²) < 4.78 is 28.5. The first-order valence-electron chi connectivity index (χ1n) is 7.41. The third-order valence-electron chi connectivity index (χ3n) is 2.83. The minimum absolute atomic E-state index is 0.229. The van der Waals surface area contributed by atoms with Crippen molar-refractivity contribution < 1.29 is 23.1 Å². The van der Waals surface area contributed by atoms with E-state index in [1.807, 2.05) is 30.3 Å². The van der Waals surface area contributed by atoms with E-state index in [4.69, 9.17) is 13.8 Å². The highest BCUT2D eigenvalue weighted by molar-refractivity contribution is 7.54. The second-order valence-electron chi connectivity index (χ2n) is 4.45. The molecule has 1 N–H and O–H groups in total. The molecule has 0 radical (unpaired) electrons. The molecule has 0 aliphatic rings. The molecule has 6 nitrogen and oxygen atoms in total. The van der Waals surface area contributed by atoms with Gasteiger partial charge in [-0.3, -0.25) is 4.57 Å². The normalized spacial score (nSPS) is 12.7. The number of rotatable bonds is 9. The van der Waals surface area contributed by atoms with Crippen molar-refractivity contribution in [2.45, 2.75) is 33.0 Å². The summed E-state index contributed by atoms with van der Waals surface area (Å²) in [6.45, 7) is 5.86. The van der Waals surface area contributed by atoms with Crippen molar-refractivity contribution in [1.29, 1.82) is 0 Å². The van der Waals surface area contributed by atoms with Crippen LogP contribution in [-0.2, 0) is 24.8 Å². The molecular formula is C15H24NO5P. The summed E-state index contributed by atoms with van der Waals surface area (Å²) in [7, 11) is -3.48. The fourth-order valence-corrected chi connectivity index (χ4v) is 3.82. The lowest BCUT2D eigenvalue weighted by Crippen LogP contribution is -2.37. The van der Waals surface area contributed by atoms with Crippen LogP contribution in [0.4, 0.5) is 4.79 Å². The molecule has 1 atom stereocenters. The molecule has 1 unspecified atom stereocenters. The maximum absolute atomic E-state index is 12.9. The molecule has 0 fully saturated rings. The van der Waals surface area contributed by atoms with Gasteiger partial charge in [0, 0.05) is 6.42 Å². The molecule has 1 rings (SSSR count). The smallest absolute Gasteiger partial charge is 0.407 e. The molecule has 124 valence electrons. The van der Waals surface area contributed by atoms with Gasteiger partial charge in [0.05, 0.1) is 19.8 Å². The highest BCUT2D eigenvalue weighted by Gasteiger charge is 2.37. The van der Waals surface area contributed by atoms with Gasteiger partial charge in [-0.2, -0.15) is 0 Å². The van der Waals surface area contributed by atoms with Crippen LogP contribution >= 0.6 is 7.60 Å². The fraction of sp³-hybridized carbons (Fsp3) is 0.533. The molecule has 0 bridgehead atoms. The number of hydrogen-bond acceptors (Lipinski definition) is 5. The van der Waals surface area contributed by atoms with Crippen LogP contribution in [0.25, 0.3) is 0 Å². The van der Waals surface area contributed by atoms with Gasteiger partial charge in [0.25, 0.3) is 0 Å². The van der Waals surface area contributed by atoms with Gasteiger partial charge in [-0.15, -0.1) is 0 Å². The van der Waals surface area contributed by atoms with Crippen molar-refractivity contribution in [3.05, 3.63) is 35.9 Å². The summed E-state index contributed by atoms with van der Waals surface area (Å²) in [6.07, 6.45) is -0.306. The van der Waals surface area contributed by atoms with Crippen molar-refractivity contribution in [1.82, 2.24) is 5.32 Å². The van der Waals surface area contributed by atoms with Gasteiger partial charge >= 0.3 is 13.7 Å². The van der Waals surface area contributed by atoms with Crippen LogP contribution in [0, 0.1) is 0 Å². The first kappa shape index (κ1) is 18.7. The number of nitrogens with one attached hydrogen (secondary N) is 1. The number of amides is 1. The number of ether oxygens (including phenoxy) is 1. The molecule has 1 aromatic rings. The van der Waals surface area contributed by atoms with Crippen LogP contribution in [-0.4, -0.2) is 31.7 Å². The number of carbonyl (C=O) groups excluding carboxylic acids is 1. The fourth-order valence-electron chi connectivity index (χ4n) is 1.97. The largest absolute Gasteiger partial charge is 0.450 e. The zero-order valence-corrected chi connectivity index (χ0v) is 14.2. The van der Waals surface area contributed by atoms with E-state index in [0.29, 0.717) is 6.42 Å². The number of benzene rings is 1. The molecular weight excluding hydrogens is 305 g/mol. The van der Waals surface area contributed by atoms with Gasteiger partial charge in [-0.05, 0) is 26.3 Å². The van der Waals surface area contributed by atoms with Crippen LogP contribution in [0.2, 0.25) is 0 Å². The van der Waals surface area contributed by atoms with Crippen LogP contribution in [0.5, 0.6) is 0 Å². The van der Waals surface area contributed by atoms with Crippen molar-refractivity contribution in [2.75, 3.05) is 19.8 Å². The number of alkyl carbamates (subject to hydrolysis) is 1. The Hall–Kier alpha value is -1.36. The lowest BCUT2D eigenvalue weighted by molar-refractivity contribution is 0.146. The molecule has 0 aromatic heterocycles. The second kappa shape index (κ2) is 9.62. The van der Waals surface area contributed by atoms with E-state index >= 15 is 0 Å². The molecule has 7 heteroatoms. The standard InChI is InChI=1S/C15H24NO5P/c1-4-19-15(17)16-14(12-13-10-8-7-9-11-13)22(18,20-5-2)21-6-3/h7-11,14H,4-6,12H2,1-3H3,(H,16,17). The van der Waals surface area contributed by atoms with Crippen molar-refractivity contribution in [2.24, 2.45) is 0 Å².